The lowest BCUT2D eigenvalue weighted by Gasteiger charge is -2.39. The molecule has 0 bridgehead atoms. The summed E-state index contributed by atoms with van der Waals surface area (Å²) in [6, 6.07) is 0. The second-order valence-electron chi connectivity index (χ2n) is 3.98. The van der Waals surface area contributed by atoms with E-state index in [0.717, 1.165) is 0 Å². The van der Waals surface area contributed by atoms with Crippen LogP contribution in [-0.4, -0.2) is 26.4 Å². The summed E-state index contributed by atoms with van der Waals surface area (Å²) in [5.74, 6) is 0.361. The van der Waals surface area contributed by atoms with E-state index < -0.39 is 0 Å². The first kappa shape index (κ1) is 12.1. The van der Waals surface area contributed by atoms with Gasteiger partial charge in [-0.2, -0.15) is 0 Å². The molecule has 1 aromatic heterocycles. The van der Waals surface area contributed by atoms with Gasteiger partial charge in [0.2, 0.25) is 0 Å². The molecule has 1 aliphatic rings. The minimum atomic E-state index is -0.308. The fourth-order valence-corrected chi connectivity index (χ4v) is 1.53. The summed E-state index contributed by atoms with van der Waals surface area (Å²) in [6.45, 7) is 1.55. The van der Waals surface area contributed by atoms with Crippen molar-refractivity contribution in [3.8, 4) is 5.75 Å². The van der Waals surface area contributed by atoms with Gasteiger partial charge in [-0.25, -0.2) is 0 Å². The van der Waals surface area contributed by atoms with Crippen LogP contribution in [0.1, 0.15) is 0 Å². The third kappa shape index (κ3) is 2.49. The number of ether oxygens (including phenoxy) is 2. The van der Waals surface area contributed by atoms with Crippen LogP contribution in [-0.2, 0) is 4.74 Å². The van der Waals surface area contributed by atoms with Crippen LogP contribution in [0, 0.1) is 5.41 Å². The Morgan fingerprint density at radius 3 is 2.78 bits per heavy atom. The molecular formula is C9H10N6O3. The van der Waals surface area contributed by atoms with E-state index >= 15 is 0 Å². The van der Waals surface area contributed by atoms with Crippen molar-refractivity contribution < 1.29 is 13.9 Å². The first-order valence-corrected chi connectivity index (χ1v) is 5.12. The molecular weight excluding hydrogens is 240 g/mol. The Morgan fingerprint density at radius 1 is 1.33 bits per heavy atom. The fraction of sp³-hybridized carbons (Fsp3) is 0.556. The Bertz CT molecular complexity index is 510. The molecule has 0 unspecified atom stereocenters. The predicted octanol–water partition coefficient (Wildman–Crippen LogP) is 2.93. The van der Waals surface area contributed by atoms with Gasteiger partial charge < -0.3 is 13.9 Å². The lowest BCUT2D eigenvalue weighted by Crippen LogP contribution is -2.49. The lowest BCUT2D eigenvalue weighted by molar-refractivity contribution is -0.125. The molecule has 18 heavy (non-hydrogen) atoms. The molecule has 0 N–H and O–H groups in total. The quantitative estimate of drug-likeness (QED) is 0.437. The van der Waals surface area contributed by atoms with Gasteiger partial charge >= 0.3 is 0 Å². The Hall–Kier alpha value is -2.34. The molecule has 94 valence electrons. The van der Waals surface area contributed by atoms with Crippen molar-refractivity contribution in [1.82, 2.24) is 0 Å². The van der Waals surface area contributed by atoms with Gasteiger partial charge in [-0.15, -0.1) is 0 Å². The second kappa shape index (κ2) is 5.33. The molecule has 0 radical (unpaired) electrons. The summed E-state index contributed by atoms with van der Waals surface area (Å²) in [5, 5.41) is 6.96. The molecule has 9 heteroatoms. The maximum atomic E-state index is 8.35. The second-order valence-corrected chi connectivity index (χ2v) is 3.98. The summed E-state index contributed by atoms with van der Waals surface area (Å²) >= 11 is 0. The first-order chi connectivity index (χ1) is 8.79. The molecule has 2 heterocycles. The van der Waals surface area contributed by atoms with Crippen molar-refractivity contribution in [3.63, 3.8) is 0 Å². The van der Waals surface area contributed by atoms with Crippen LogP contribution in [0.3, 0.4) is 0 Å². The zero-order chi connectivity index (χ0) is 12.8. The van der Waals surface area contributed by atoms with Gasteiger partial charge in [-0.1, -0.05) is 10.2 Å². The van der Waals surface area contributed by atoms with E-state index in [2.05, 4.69) is 20.1 Å². The largest absolute Gasteiger partial charge is 0.489 e. The van der Waals surface area contributed by atoms with Crippen LogP contribution in [0.25, 0.3) is 20.9 Å². The van der Waals surface area contributed by atoms with Crippen molar-refractivity contribution in [2.24, 2.45) is 15.6 Å². The Balaban J connectivity index is 1.99. The molecule has 1 saturated heterocycles. The SMILES string of the molecule is [N-]=[N+]=NCC1(COc2cocc2N=[N+]=[N-])COC1. The molecule has 0 aromatic carbocycles. The summed E-state index contributed by atoms with van der Waals surface area (Å²) in [7, 11) is 0. The normalized spacial score (nSPS) is 16.0. The predicted molar refractivity (Wildman–Crippen MR) is 60.3 cm³/mol. The Kier molecular flexibility index (Phi) is 3.59. The third-order valence-electron chi connectivity index (χ3n) is 2.58. The van der Waals surface area contributed by atoms with Crippen molar-refractivity contribution in [3.05, 3.63) is 33.4 Å². The highest BCUT2D eigenvalue weighted by Crippen LogP contribution is 2.33. The van der Waals surface area contributed by atoms with Crippen molar-refractivity contribution in [2.45, 2.75) is 0 Å². The van der Waals surface area contributed by atoms with Crippen LogP contribution in [0.2, 0.25) is 0 Å². The first-order valence-electron chi connectivity index (χ1n) is 5.12. The van der Waals surface area contributed by atoms with E-state index in [4.69, 9.17) is 25.0 Å². The maximum absolute atomic E-state index is 8.35. The molecule has 9 nitrogen and oxygen atoms in total. The van der Waals surface area contributed by atoms with Gasteiger partial charge in [0, 0.05) is 16.4 Å². The average molecular weight is 250 g/mol. The van der Waals surface area contributed by atoms with E-state index in [-0.39, 0.29) is 11.1 Å². The van der Waals surface area contributed by atoms with E-state index in [1.807, 2.05) is 0 Å². The van der Waals surface area contributed by atoms with Gasteiger partial charge in [-0.05, 0) is 11.1 Å². The zero-order valence-electron chi connectivity index (χ0n) is 9.39. The number of nitrogens with zero attached hydrogens (tertiary/aromatic N) is 6. The summed E-state index contributed by atoms with van der Waals surface area (Å²) in [5.41, 5.74) is 16.7. The number of azide groups is 2. The number of hydrogen-bond donors (Lipinski definition) is 0. The molecule has 1 aromatic rings. The molecule has 1 aliphatic heterocycles. The third-order valence-corrected chi connectivity index (χ3v) is 2.58. The zero-order valence-corrected chi connectivity index (χ0v) is 9.39. The minimum absolute atomic E-state index is 0.289. The van der Waals surface area contributed by atoms with Gasteiger partial charge in [0.1, 0.15) is 18.2 Å². The van der Waals surface area contributed by atoms with E-state index in [9.17, 15) is 0 Å². The summed E-state index contributed by atoms with van der Waals surface area (Å²) in [4.78, 5) is 5.38. The molecule has 0 saturated carbocycles. The molecule has 0 atom stereocenters. The molecule has 1 fully saturated rings. The Labute approximate surface area is 102 Å². The summed E-state index contributed by atoms with van der Waals surface area (Å²) < 4.78 is 15.5. The van der Waals surface area contributed by atoms with Crippen molar-refractivity contribution >= 4 is 5.69 Å². The number of furan rings is 1. The molecule has 0 aliphatic carbocycles. The van der Waals surface area contributed by atoms with Crippen molar-refractivity contribution in [1.29, 1.82) is 0 Å². The monoisotopic (exact) mass is 250 g/mol. The van der Waals surface area contributed by atoms with E-state index in [1.165, 1.54) is 12.5 Å². The summed E-state index contributed by atoms with van der Waals surface area (Å²) in [6.07, 6.45) is 2.65. The highest BCUT2D eigenvalue weighted by molar-refractivity contribution is 5.47. The average Bonchev–Trinajstić information content (AvgIpc) is 2.76. The Morgan fingerprint density at radius 2 is 2.17 bits per heavy atom. The van der Waals surface area contributed by atoms with E-state index in [1.54, 1.807) is 0 Å². The number of hydrogen-bond acceptors (Lipinski definition) is 5. The van der Waals surface area contributed by atoms with E-state index in [0.29, 0.717) is 32.1 Å². The lowest BCUT2D eigenvalue weighted by atomic mass is 9.87. The minimum Gasteiger partial charge on any atom is -0.489 e. The van der Waals surface area contributed by atoms with Gasteiger partial charge in [-0.3, -0.25) is 0 Å². The maximum Gasteiger partial charge on any atom is 0.167 e. The van der Waals surface area contributed by atoms with Gasteiger partial charge in [0.25, 0.3) is 0 Å². The molecule has 0 spiro atoms. The van der Waals surface area contributed by atoms with Crippen LogP contribution < -0.4 is 4.74 Å². The van der Waals surface area contributed by atoms with Crippen LogP contribution in [0.4, 0.5) is 5.69 Å². The van der Waals surface area contributed by atoms with Crippen molar-refractivity contribution in [2.75, 3.05) is 26.4 Å². The fourth-order valence-electron chi connectivity index (χ4n) is 1.53. The smallest absolute Gasteiger partial charge is 0.167 e. The topological polar surface area (TPSA) is 129 Å². The van der Waals surface area contributed by atoms with Gasteiger partial charge in [0.15, 0.2) is 5.75 Å². The highest BCUT2D eigenvalue weighted by Gasteiger charge is 2.39. The standard InChI is InChI=1S/C9H10N6O3/c10-14-12-3-9(4-17-5-9)6-18-8-2-16-1-7(8)13-15-11/h1-2H,3-6H2. The molecule has 2 rings (SSSR count). The number of rotatable bonds is 6. The van der Waals surface area contributed by atoms with Gasteiger partial charge in [0.05, 0.1) is 25.2 Å². The van der Waals surface area contributed by atoms with Crippen LogP contribution in [0.5, 0.6) is 5.75 Å². The van der Waals surface area contributed by atoms with Crippen LogP contribution in [0.15, 0.2) is 27.2 Å². The van der Waals surface area contributed by atoms with Crippen LogP contribution >= 0.6 is 0 Å². The highest BCUT2D eigenvalue weighted by atomic mass is 16.5. The molecule has 0 amide bonds.